The van der Waals surface area contributed by atoms with Gasteiger partial charge in [0, 0.05) is 38.3 Å². The standard InChI is InChI=1S/C29H58N6O15/c30-4-17-21(42)22(43)19(33)28(46-17)49-25-18(10-38)47-29(23(25)44)50-26-20(41)16(35-6-12(40)9-37)3-15(32)24(26)48-27-14(31)2-1-13(45-27)7-34-5-11(39)8-36/h11-29,34-44H,1-10,30-33H2/t11?,12?,13-,14+,15-,16+,17-,18+,19+,20-,21+,22+,23+,24+,25+,26+,27+,28+,29-/m0/s1. The van der Waals surface area contributed by atoms with Crippen LogP contribution in [0.3, 0.4) is 0 Å². The SMILES string of the molecule is NC[C@@H]1O[C@H](O[C@H]2[C@@H](O)[C@H](O[C@@H]3[C@@H](O)[C@H](NCC(O)CO)C[C@H](N)[C@H]3O[C@H]3O[C@H](CNCC(O)CO)CC[C@H]3N)O[C@@H]2CO)[C@H](N)[C@@H](O)[C@@H]1O. The van der Waals surface area contributed by atoms with Crippen LogP contribution in [0.1, 0.15) is 19.3 Å². The highest BCUT2D eigenvalue weighted by atomic mass is 16.8. The Balaban J connectivity index is 1.50. The first-order valence-electron chi connectivity index (χ1n) is 17.1. The lowest BCUT2D eigenvalue weighted by atomic mass is 9.83. The van der Waals surface area contributed by atoms with Gasteiger partial charge in [-0.1, -0.05) is 0 Å². The zero-order chi connectivity index (χ0) is 36.7. The van der Waals surface area contributed by atoms with Crippen LogP contribution in [0.5, 0.6) is 0 Å². The van der Waals surface area contributed by atoms with E-state index >= 15 is 0 Å². The largest absolute Gasteiger partial charge is 0.394 e. The molecule has 0 aromatic carbocycles. The maximum Gasteiger partial charge on any atom is 0.187 e. The van der Waals surface area contributed by atoms with Gasteiger partial charge in [0.15, 0.2) is 18.9 Å². The minimum atomic E-state index is -1.62. The third-order valence-electron chi connectivity index (χ3n) is 9.63. The van der Waals surface area contributed by atoms with Crippen molar-refractivity contribution in [3.8, 4) is 0 Å². The molecule has 19 N–H and O–H groups in total. The molecule has 4 aliphatic rings. The summed E-state index contributed by atoms with van der Waals surface area (Å²) in [5.41, 5.74) is 24.6. The van der Waals surface area contributed by atoms with E-state index in [1.165, 1.54) is 0 Å². The molecule has 1 aliphatic carbocycles. The van der Waals surface area contributed by atoms with Gasteiger partial charge in [0.1, 0.15) is 48.8 Å². The van der Waals surface area contributed by atoms with Gasteiger partial charge in [-0.15, -0.1) is 0 Å². The molecule has 19 atom stereocenters. The second kappa shape index (κ2) is 19.5. The van der Waals surface area contributed by atoms with Gasteiger partial charge >= 0.3 is 0 Å². The van der Waals surface area contributed by atoms with Crippen molar-refractivity contribution in [1.29, 1.82) is 0 Å². The molecular formula is C29H58N6O15. The van der Waals surface area contributed by atoms with Crippen LogP contribution in [0.4, 0.5) is 0 Å². The van der Waals surface area contributed by atoms with Crippen LogP contribution in [-0.4, -0.2) is 208 Å². The second-order valence-electron chi connectivity index (χ2n) is 13.5. The first-order valence-corrected chi connectivity index (χ1v) is 17.1. The van der Waals surface area contributed by atoms with Crippen molar-refractivity contribution in [3.05, 3.63) is 0 Å². The molecule has 0 aromatic heterocycles. The third-order valence-corrected chi connectivity index (χ3v) is 9.63. The number of hydrogen-bond donors (Lipinski definition) is 15. The highest BCUT2D eigenvalue weighted by molar-refractivity contribution is 5.02. The first kappa shape index (κ1) is 41.9. The molecule has 21 nitrogen and oxygen atoms in total. The minimum Gasteiger partial charge on any atom is -0.394 e. The molecule has 4 fully saturated rings. The quantitative estimate of drug-likeness (QED) is 0.0660. The Morgan fingerprint density at radius 1 is 0.680 bits per heavy atom. The summed E-state index contributed by atoms with van der Waals surface area (Å²) < 4.78 is 35.9. The summed E-state index contributed by atoms with van der Waals surface area (Å²) in [4.78, 5) is 0. The predicted octanol–water partition coefficient (Wildman–Crippen LogP) is -8.87. The molecular weight excluding hydrogens is 672 g/mol. The molecule has 0 radical (unpaired) electrons. The summed E-state index contributed by atoms with van der Waals surface area (Å²) in [6.07, 6.45) is -17.0. The molecule has 0 amide bonds. The zero-order valence-electron chi connectivity index (χ0n) is 27.8. The van der Waals surface area contributed by atoms with Crippen LogP contribution in [0.2, 0.25) is 0 Å². The van der Waals surface area contributed by atoms with Crippen molar-refractivity contribution in [2.75, 3.05) is 46.0 Å². The summed E-state index contributed by atoms with van der Waals surface area (Å²) in [6, 6.07) is -3.45. The van der Waals surface area contributed by atoms with E-state index < -0.39 is 130 Å². The van der Waals surface area contributed by atoms with Crippen LogP contribution in [0.15, 0.2) is 0 Å². The van der Waals surface area contributed by atoms with Crippen LogP contribution in [-0.2, 0) is 28.4 Å². The van der Waals surface area contributed by atoms with Crippen molar-refractivity contribution < 1.29 is 74.4 Å². The number of hydrogen-bond acceptors (Lipinski definition) is 21. The molecule has 3 heterocycles. The van der Waals surface area contributed by atoms with Gasteiger partial charge in [0.2, 0.25) is 0 Å². The van der Waals surface area contributed by atoms with E-state index in [9.17, 15) is 40.9 Å². The lowest BCUT2D eigenvalue weighted by Crippen LogP contribution is -2.66. The fraction of sp³-hybridized carbons (Fsp3) is 1.00. The van der Waals surface area contributed by atoms with Crippen molar-refractivity contribution in [2.24, 2.45) is 22.9 Å². The lowest BCUT2D eigenvalue weighted by molar-refractivity contribution is -0.290. The molecule has 2 unspecified atom stereocenters. The Labute approximate surface area is 289 Å². The zero-order valence-corrected chi connectivity index (χ0v) is 27.8. The Morgan fingerprint density at radius 3 is 1.98 bits per heavy atom. The summed E-state index contributed by atoms with van der Waals surface area (Å²) in [7, 11) is 0. The molecule has 50 heavy (non-hydrogen) atoms. The van der Waals surface area contributed by atoms with E-state index in [1.54, 1.807) is 0 Å². The van der Waals surface area contributed by atoms with Crippen molar-refractivity contribution in [3.63, 3.8) is 0 Å². The topological polar surface area (TPSA) is 366 Å². The van der Waals surface area contributed by atoms with Crippen molar-refractivity contribution in [2.45, 2.75) is 136 Å². The van der Waals surface area contributed by atoms with Gasteiger partial charge in [-0.05, 0) is 19.3 Å². The molecule has 1 saturated carbocycles. The van der Waals surface area contributed by atoms with E-state index in [0.717, 1.165) is 0 Å². The number of ether oxygens (including phenoxy) is 6. The lowest BCUT2D eigenvalue weighted by Gasteiger charge is -2.47. The fourth-order valence-corrected chi connectivity index (χ4v) is 6.62. The Hall–Kier alpha value is -0.840. The van der Waals surface area contributed by atoms with Gasteiger partial charge in [0.25, 0.3) is 0 Å². The molecule has 0 spiro atoms. The number of aliphatic hydroxyl groups is 9. The van der Waals surface area contributed by atoms with Crippen molar-refractivity contribution in [1.82, 2.24) is 10.6 Å². The average Bonchev–Trinajstić information content (AvgIpc) is 3.40. The average molecular weight is 731 g/mol. The van der Waals surface area contributed by atoms with E-state index in [-0.39, 0.29) is 32.2 Å². The Morgan fingerprint density at radius 2 is 1.32 bits per heavy atom. The maximum absolute atomic E-state index is 11.6. The molecule has 0 bridgehead atoms. The molecule has 4 rings (SSSR count). The van der Waals surface area contributed by atoms with Gasteiger partial charge in [-0.2, -0.15) is 0 Å². The number of nitrogens with one attached hydrogen (secondary N) is 2. The maximum atomic E-state index is 11.6. The van der Waals surface area contributed by atoms with Gasteiger partial charge in [-0.25, -0.2) is 0 Å². The normalized spacial score (nSPS) is 45.4. The minimum absolute atomic E-state index is 0.0868. The van der Waals surface area contributed by atoms with Crippen LogP contribution in [0.25, 0.3) is 0 Å². The highest BCUT2D eigenvalue weighted by Crippen LogP contribution is 2.34. The summed E-state index contributed by atoms with van der Waals surface area (Å²) >= 11 is 0. The molecule has 3 saturated heterocycles. The molecule has 294 valence electrons. The van der Waals surface area contributed by atoms with E-state index in [2.05, 4.69) is 10.6 Å². The second-order valence-corrected chi connectivity index (χ2v) is 13.5. The predicted molar refractivity (Wildman–Crippen MR) is 169 cm³/mol. The molecule has 0 aromatic rings. The Kier molecular flexibility index (Phi) is 16.3. The van der Waals surface area contributed by atoms with Crippen LogP contribution >= 0.6 is 0 Å². The summed E-state index contributed by atoms with van der Waals surface area (Å²) in [5.74, 6) is 0. The Bertz CT molecular complexity index is 1000. The van der Waals surface area contributed by atoms with Crippen LogP contribution < -0.4 is 33.6 Å². The summed E-state index contributed by atoms with van der Waals surface area (Å²) in [5, 5.41) is 97.5. The van der Waals surface area contributed by atoms with Gasteiger partial charge in [0.05, 0.1) is 56.3 Å². The van der Waals surface area contributed by atoms with Crippen LogP contribution in [0, 0.1) is 0 Å². The highest BCUT2D eigenvalue weighted by Gasteiger charge is 2.54. The number of rotatable bonds is 17. The molecule has 3 aliphatic heterocycles. The monoisotopic (exact) mass is 730 g/mol. The first-order chi connectivity index (χ1) is 23.8. The summed E-state index contributed by atoms with van der Waals surface area (Å²) in [6.45, 7) is -1.37. The smallest absolute Gasteiger partial charge is 0.187 e. The van der Waals surface area contributed by atoms with E-state index in [4.69, 9.17) is 56.5 Å². The third kappa shape index (κ3) is 10.2. The number of aliphatic hydroxyl groups excluding tert-OH is 9. The van der Waals surface area contributed by atoms with Gasteiger partial charge in [-0.3, -0.25) is 0 Å². The van der Waals surface area contributed by atoms with Gasteiger partial charge < -0.3 is 108 Å². The molecule has 21 heteroatoms. The fourth-order valence-electron chi connectivity index (χ4n) is 6.62. The number of nitrogens with two attached hydrogens (primary N) is 4. The van der Waals surface area contributed by atoms with Crippen molar-refractivity contribution >= 4 is 0 Å². The van der Waals surface area contributed by atoms with E-state index in [1.807, 2.05) is 0 Å². The van der Waals surface area contributed by atoms with E-state index in [0.29, 0.717) is 19.4 Å².